The quantitative estimate of drug-likeness (QED) is 0.0431. The minimum atomic E-state index is -1.73. The zero-order valence-electron chi connectivity index (χ0n) is 44.2. The van der Waals surface area contributed by atoms with E-state index in [2.05, 4.69) is 42.5 Å². The normalized spacial score (nSPS) is 20.5. The van der Waals surface area contributed by atoms with Crippen molar-refractivity contribution in [2.45, 2.75) is 120 Å². The summed E-state index contributed by atoms with van der Waals surface area (Å²) < 4.78 is 0. The molecule has 25 heteroatoms. The van der Waals surface area contributed by atoms with Crippen molar-refractivity contribution in [2.75, 3.05) is 18.1 Å². The van der Waals surface area contributed by atoms with Gasteiger partial charge in [0, 0.05) is 55.7 Å². The summed E-state index contributed by atoms with van der Waals surface area (Å²) in [6.45, 7) is 3.04. The number of aliphatic hydroxyl groups is 1. The van der Waals surface area contributed by atoms with Crippen LogP contribution in [-0.4, -0.2) is 135 Å². The van der Waals surface area contributed by atoms with Crippen molar-refractivity contribution in [3.05, 3.63) is 130 Å². The van der Waals surface area contributed by atoms with Crippen molar-refractivity contribution >= 4 is 86.4 Å². The Morgan fingerprint density at radius 1 is 0.662 bits per heavy atom. The van der Waals surface area contributed by atoms with E-state index in [0.29, 0.717) is 34.6 Å². The molecule has 1 saturated heterocycles. The number of benzene rings is 4. The second kappa shape index (κ2) is 32.0. The average Bonchev–Trinajstić information content (AvgIpc) is 3.42. The molecule has 0 saturated carbocycles. The fraction of sp³-hybridized carbons (Fsp3) is 0.400. The Kier molecular flexibility index (Phi) is 25.4. The lowest BCUT2D eigenvalue weighted by Gasteiger charge is -2.29. The predicted octanol–water partition coefficient (Wildman–Crippen LogP) is 0.832. The van der Waals surface area contributed by atoms with Crippen molar-refractivity contribution in [3.8, 4) is 11.5 Å². The molecule has 2 unspecified atom stereocenters. The first-order valence-corrected chi connectivity index (χ1v) is 28.7. The Labute approximate surface area is 476 Å². The molecule has 1 heterocycles. The van der Waals surface area contributed by atoms with E-state index < -0.39 is 95.7 Å². The summed E-state index contributed by atoms with van der Waals surface area (Å²) in [6, 6.07) is 15.1. The van der Waals surface area contributed by atoms with Gasteiger partial charge in [0.1, 0.15) is 53.8 Å². The topological polar surface area (TPSA) is 363 Å². The number of amides is 9. The van der Waals surface area contributed by atoms with Gasteiger partial charge in [0.15, 0.2) is 0 Å². The molecular weight excluding hydrogens is 1090 g/mol. The van der Waals surface area contributed by atoms with E-state index in [4.69, 9.17) is 23.1 Å². The molecule has 430 valence electrons. The highest BCUT2D eigenvalue weighted by atomic mass is 35.5. The summed E-state index contributed by atoms with van der Waals surface area (Å²) in [5, 5.41) is 52.8. The van der Waals surface area contributed by atoms with E-state index >= 15 is 0 Å². The van der Waals surface area contributed by atoms with Gasteiger partial charge in [-0.15, -0.1) is 0 Å². The lowest BCUT2D eigenvalue weighted by molar-refractivity contribution is -0.136. The minimum Gasteiger partial charge on any atom is -0.508 e. The second-order valence-corrected chi connectivity index (χ2v) is 22.2. The molecule has 80 heavy (non-hydrogen) atoms. The fourth-order valence-electron chi connectivity index (χ4n) is 8.18. The van der Waals surface area contributed by atoms with Gasteiger partial charge in [0.25, 0.3) is 0 Å². The van der Waals surface area contributed by atoms with E-state index in [1.54, 1.807) is 48.5 Å². The molecule has 0 spiro atoms. The smallest absolute Gasteiger partial charge is 0.245 e. The van der Waals surface area contributed by atoms with Crippen molar-refractivity contribution in [2.24, 2.45) is 11.5 Å². The summed E-state index contributed by atoms with van der Waals surface area (Å²) in [4.78, 5) is 125. The Bertz CT molecular complexity index is 2760. The molecule has 0 radical (unpaired) electrons. The van der Waals surface area contributed by atoms with Gasteiger partial charge in [0.05, 0.1) is 6.10 Å². The van der Waals surface area contributed by atoms with Crippen LogP contribution < -0.4 is 54.0 Å². The molecule has 1 aliphatic rings. The number of phenols is 2. The van der Waals surface area contributed by atoms with Crippen LogP contribution in [0.3, 0.4) is 0 Å². The molecule has 4 aromatic carbocycles. The summed E-state index contributed by atoms with van der Waals surface area (Å²) in [5.74, 6) is -7.66. The Balaban J connectivity index is 1.56. The van der Waals surface area contributed by atoms with Crippen molar-refractivity contribution in [3.63, 3.8) is 0 Å². The Morgan fingerprint density at radius 2 is 1.18 bits per heavy atom. The van der Waals surface area contributed by atoms with Crippen LogP contribution in [-0.2, 0) is 75.4 Å². The van der Waals surface area contributed by atoms with E-state index in [0.717, 1.165) is 32.7 Å². The maximum absolute atomic E-state index is 14.8. The number of aromatic hydroxyl groups is 2. The van der Waals surface area contributed by atoms with Crippen LogP contribution in [0.2, 0.25) is 5.02 Å². The minimum absolute atomic E-state index is 0.0256. The van der Waals surface area contributed by atoms with Gasteiger partial charge in [-0.05, 0) is 103 Å². The third-order valence-corrected chi connectivity index (χ3v) is 15.4. The standard InChI is InChI=1S/C55H69ClN10O12S2/c1-31(67)48-55(78)65-46(54(77)62-42(49(58)72)25-35-12-19-39(69)20-13-35)30-80-79-29-45(60-47(71)23-16-33-10-17-38(56)18-11-33)53(76)64-44(27-36-14-21-40(70)22-15-36)52(75)63-43(26-34-6-8-37(9-7-34)28-59-32(2)68)51(74)61-41(50(73)66-48)5-3-4-24-57/h6-15,17-22,31,41-46,48,67,69-70H,3-5,16,23-30,57H2,1-2H3,(H2,58,72)(H,59,68)(H,60,71)(H,61,74)(H,62,77)(H,63,75)(H,64,76)(H,65,78)(H,66,73)/t31?,41-,42+,43+,44-,45+,46-,48?/m0/s1. The Hall–Kier alpha value is -7.38. The SMILES string of the molecule is CC(=O)NCc1ccc(C[C@H]2NC(=O)[C@H](Cc3ccc(O)cc3)NC(=O)[C@H](NC(=O)CCc3ccc(Cl)cc3)CSSC[C@@H](C(=O)N[C@H](Cc3ccc(O)cc3)C(N)=O)NC(=O)C(C(C)O)NC(=O)[C@H](CCCCN)NC2=O)cc1. The van der Waals surface area contributed by atoms with Crippen molar-refractivity contribution < 1.29 is 58.5 Å². The summed E-state index contributed by atoms with van der Waals surface area (Å²) in [5.41, 5.74) is 14.6. The maximum Gasteiger partial charge on any atom is 0.245 e. The van der Waals surface area contributed by atoms with Crippen LogP contribution in [0.1, 0.15) is 67.3 Å². The molecule has 8 atom stereocenters. The first-order valence-electron chi connectivity index (χ1n) is 25.8. The number of aryl methyl sites for hydroxylation is 1. The molecule has 4 aromatic rings. The fourth-order valence-corrected chi connectivity index (χ4v) is 10.6. The average molecular weight is 1160 g/mol. The van der Waals surface area contributed by atoms with E-state index in [1.165, 1.54) is 62.4 Å². The number of aliphatic hydroxyl groups excluding tert-OH is 1. The predicted molar refractivity (Wildman–Crippen MR) is 303 cm³/mol. The van der Waals surface area contributed by atoms with Crippen LogP contribution in [0.15, 0.2) is 97.1 Å². The highest BCUT2D eigenvalue weighted by Crippen LogP contribution is 2.24. The zero-order valence-corrected chi connectivity index (χ0v) is 46.6. The molecule has 0 aromatic heterocycles. The molecule has 9 amide bonds. The van der Waals surface area contributed by atoms with Crippen LogP contribution in [0.4, 0.5) is 0 Å². The zero-order chi connectivity index (χ0) is 58.3. The molecule has 1 aliphatic heterocycles. The number of hydrogen-bond acceptors (Lipinski definition) is 15. The Morgan fingerprint density at radius 3 is 1.74 bits per heavy atom. The molecule has 5 rings (SSSR count). The van der Waals surface area contributed by atoms with Gasteiger partial charge in [-0.3, -0.25) is 43.2 Å². The molecule has 1 fully saturated rings. The molecule has 22 nitrogen and oxygen atoms in total. The first kappa shape index (κ1) is 63.5. The third-order valence-electron chi connectivity index (χ3n) is 12.7. The van der Waals surface area contributed by atoms with Gasteiger partial charge in [-0.2, -0.15) is 0 Å². The number of primary amides is 1. The van der Waals surface area contributed by atoms with Gasteiger partial charge in [0.2, 0.25) is 53.2 Å². The lowest BCUT2D eigenvalue weighted by Crippen LogP contribution is -2.62. The van der Waals surface area contributed by atoms with Crippen LogP contribution in [0.5, 0.6) is 11.5 Å². The van der Waals surface area contributed by atoms with Crippen molar-refractivity contribution in [1.82, 2.24) is 42.5 Å². The van der Waals surface area contributed by atoms with E-state index in [1.807, 2.05) is 0 Å². The first-order chi connectivity index (χ1) is 38.2. The highest BCUT2D eigenvalue weighted by molar-refractivity contribution is 8.76. The number of phenolic OH excluding ortho intramolecular Hbond substituents is 2. The molecule has 0 bridgehead atoms. The number of halogens is 1. The highest BCUT2D eigenvalue weighted by Gasteiger charge is 2.36. The number of hydrogen-bond donors (Lipinski definition) is 13. The number of nitrogens with one attached hydrogen (secondary N) is 8. The third kappa shape index (κ3) is 21.3. The monoisotopic (exact) mass is 1160 g/mol. The molecule has 15 N–H and O–H groups in total. The van der Waals surface area contributed by atoms with E-state index in [-0.39, 0.29) is 80.5 Å². The number of carbonyl (C=O) groups excluding carboxylic acids is 9. The molecule has 0 aliphatic carbocycles. The van der Waals surface area contributed by atoms with Crippen LogP contribution in [0, 0.1) is 0 Å². The number of unbranched alkanes of at least 4 members (excludes halogenated alkanes) is 1. The van der Waals surface area contributed by atoms with Gasteiger partial charge in [-0.25, -0.2) is 0 Å². The van der Waals surface area contributed by atoms with Gasteiger partial charge < -0.3 is 69.3 Å². The maximum atomic E-state index is 14.8. The largest absolute Gasteiger partial charge is 0.508 e. The summed E-state index contributed by atoms with van der Waals surface area (Å²) in [6.07, 6.45) is -1.16. The second-order valence-electron chi connectivity index (χ2n) is 19.2. The van der Waals surface area contributed by atoms with Crippen LogP contribution >= 0.6 is 33.2 Å². The number of nitrogens with two attached hydrogens (primary N) is 2. The summed E-state index contributed by atoms with van der Waals surface area (Å²) in [7, 11) is 1.99. The van der Waals surface area contributed by atoms with Crippen LogP contribution in [0.25, 0.3) is 0 Å². The van der Waals surface area contributed by atoms with Gasteiger partial charge >= 0.3 is 0 Å². The van der Waals surface area contributed by atoms with Crippen molar-refractivity contribution in [1.29, 1.82) is 0 Å². The summed E-state index contributed by atoms with van der Waals surface area (Å²) >= 11 is 6.07. The van der Waals surface area contributed by atoms with Gasteiger partial charge in [-0.1, -0.05) is 93.9 Å². The number of carbonyl (C=O) groups is 9. The van der Waals surface area contributed by atoms with E-state index in [9.17, 15) is 58.5 Å². The lowest BCUT2D eigenvalue weighted by atomic mass is 10.00. The molecular formula is C55H69ClN10O12S2. The number of rotatable bonds is 20.